The molecule has 1 unspecified atom stereocenters. The molecule has 2 aliphatic rings. The molecule has 3 heterocycles. The number of pyridine rings is 1. The number of likely N-dealkylation sites (tertiary alicyclic amines) is 1. The Bertz CT molecular complexity index is 1220. The fraction of sp³-hybridized carbons (Fsp3) is 0.357. The monoisotopic (exact) mass is 470 g/mol. The number of piperidine rings is 1. The SMILES string of the molecule is O=C(Cc1ccccn1)N1CCN(C(=O)C2CCCN(C(=O)c3cccc4ccccc34)C2)CC1. The van der Waals surface area contributed by atoms with E-state index >= 15 is 0 Å². The Labute approximate surface area is 205 Å². The zero-order valence-electron chi connectivity index (χ0n) is 19.8. The maximum atomic E-state index is 13.4. The molecule has 1 atom stereocenters. The molecule has 0 N–H and O–H groups in total. The highest BCUT2D eigenvalue weighted by molar-refractivity contribution is 6.07. The fourth-order valence-corrected chi connectivity index (χ4v) is 5.15. The van der Waals surface area contributed by atoms with Crippen LogP contribution in [-0.2, 0) is 16.0 Å². The second-order valence-corrected chi connectivity index (χ2v) is 9.32. The number of carbonyl (C=O) groups is 3. The molecule has 2 saturated heterocycles. The van der Waals surface area contributed by atoms with E-state index in [0.29, 0.717) is 44.8 Å². The van der Waals surface area contributed by atoms with Gasteiger partial charge in [0.25, 0.3) is 5.91 Å². The Balaban J connectivity index is 1.18. The topological polar surface area (TPSA) is 73.8 Å². The van der Waals surface area contributed by atoms with Gasteiger partial charge in [-0.25, -0.2) is 0 Å². The number of aromatic nitrogens is 1. The quantitative estimate of drug-likeness (QED) is 0.588. The van der Waals surface area contributed by atoms with Gasteiger partial charge in [-0.1, -0.05) is 42.5 Å². The number of hydrogen-bond acceptors (Lipinski definition) is 4. The van der Waals surface area contributed by atoms with Gasteiger partial charge in [0.1, 0.15) is 0 Å². The van der Waals surface area contributed by atoms with Crippen LogP contribution in [-0.4, -0.2) is 76.7 Å². The van der Waals surface area contributed by atoms with Crippen molar-refractivity contribution in [2.75, 3.05) is 39.3 Å². The smallest absolute Gasteiger partial charge is 0.254 e. The Morgan fingerprint density at radius 3 is 2.34 bits per heavy atom. The van der Waals surface area contributed by atoms with Crippen LogP contribution in [0.5, 0.6) is 0 Å². The number of nitrogens with zero attached hydrogens (tertiary/aromatic N) is 4. The molecule has 7 heteroatoms. The highest BCUT2D eigenvalue weighted by atomic mass is 16.2. The summed E-state index contributed by atoms with van der Waals surface area (Å²) >= 11 is 0. The molecule has 2 aliphatic heterocycles. The summed E-state index contributed by atoms with van der Waals surface area (Å²) in [5, 5.41) is 1.98. The van der Waals surface area contributed by atoms with E-state index in [2.05, 4.69) is 4.98 Å². The summed E-state index contributed by atoms with van der Waals surface area (Å²) in [6.07, 6.45) is 3.58. The first kappa shape index (κ1) is 23.0. The summed E-state index contributed by atoms with van der Waals surface area (Å²) in [7, 11) is 0. The average Bonchev–Trinajstić information content (AvgIpc) is 2.92. The van der Waals surface area contributed by atoms with Gasteiger partial charge in [-0.2, -0.15) is 0 Å². The number of benzene rings is 2. The van der Waals surface area contributed by atoms with Crippen LogP contribution in [0.2, 0.25) is 0 Å². The van der Waals surface area contributed by atoms with Gasteiger partial charge in [0.15, 0.2) is 0 Å². The molecule has 180 valence electrons. The first-order valence-electron chi connectivity index (χ1n) is 12.3. The van der Waals surface area contributed by atoms with Crippen LogP contribution >= 0.6 is 0 Å². The third-order valence-electron chi connectivity index (χ3n) is 7.08. The number of amides is 3. The number of piperazine rings is 1. The lowest BCUT2D eigenvalue weighted by molar-refractivity contribution is -0.142. The Hall–Kier alpha value is -3.74. The first-order chi connectivity index (χ1) is 17.1. The molecule has 35 heavy (non-hydrogen) atoms. The molecule has 0 saturated carbocycles. The average molecular weight is 471 g/mol. The molecule has 1 aromatic heterocycles. The van der Waals surface area contributed by atoms with E-state index in [4.69, 9.17) is 0 Å². The fourth-order valence-electron chi connectivity index (χ4n) is 5.15. The van der Waals surface area contributed by atoms with Gasteiger partial charge in [0.2, 0.25) is 11.8 Å². The molecule has 7 nitrogen and oxygen atoms in total. The largest absolute Gasteiger partial charge is 0.339 e. The predicted molar refractivity (Wildman–Crippen MR) is 134 cm³/mol. The molecule has 2 fully saturated rings. The van der Waals surface area contributed by atoms with Gasteiger partial charge in [-0.05, 0) is 41.8 Å². The van der Waals surface area contributed by atoms with Crippen molar-refractivity contribution >= 4 is 28.5 Å². The third-order valence-corrected chi connectivity index (χ3v) is 7.08. The van der Waals surface area contributed by atoms with Crippen molar-refractivity contribution < 1.29 is 14.4 Å². The standard InChI is InChI=1S/C28H30N4O3/c33-26(19-23-10-3-4-13-29-23)30-15-17-31(18-16-30)27(34)22-9-6-14-32(20-22)28(35)25-12-5-8-21-7-1-2-11-24(21)25/h1-5,7-8,10-13,22H,6,9,14-20H2. The molecular formula is C28H30N4O3. The summed E-state index contributed by atoms with van der Waals surface area (Å²) < 4.78 is 0. The van der Waals surface area contributed by atoms with Crippen molar-refractivity contribution in [3.8, 4) is 0 Å². The van der Waals surface area contributed by atoms with Crippen molar-refractivity contribution in [2.24, 2.45) is 5.92 Å². The Kier molecular flexibility index (Phi) is 6.75. The number of carbonyl (C=O) groups excluding carboxylic acids is 3. The molecule has 0 aliphatic carbocycles. The molecule has 0 spiro atoms. The van der Waals surface area contributed by atoms with Crippen LogP contribution < -0.4 is 0 Å². The minimum Gasteiger partial charge on any atom is -0.339 e. The van der Waals surface area contributed by atoms with E-state index in [0.717, 1.165) is 29.3 Å². The van der Waals surface area contributed by atoms with Crippen LogP contribution in [0.1, 0.15) is 28.9 Å². The number of rotatable bonds is 4. The van der Waals surface area contributed by atoms with E-state index in [-0.39, 0.29) is 30.1 Å². The van der Waals surface area contributed by atoms with Crippen LogP contribution in [0.25, 0.3) is 10.8 Å². The zero-order chi connectivity index (χ0) is 24.2. The van der Waals surface area contributed by atoms with Crippen LogP contribution in [0, 0.1) is 5.92 Å². The normalized spacial score (nSPS) is 18.5. The molecule has 0 bridgehead atoms. The second-order valence-electron chi connectivity index (χ2n) is 9.32. The Morgan fingerprint density at radius 2 is 1.54 bits per heavy atom. The second kappa shape index (κ2) is 10.3. The summed E-state index contributed by atoms with van der Waals surface area (Å²) in [6, 6.07) is 19.3. The van der Waals surface area contributed by atoms with Gasteiger partial charge in [0, 0.05) is 56.7 Å². The van der Waals surface area contributed by atoms with Crippen LogP contribution in [0.4, 0.5) is 0 Å². The first-order valence-corrected chi connectivity index (χ1v) is 12.3. The van der Waals surface area contributed by atoms with Crippen molar-refractivity contribution in [3.63, 3.8) is 0 Å². The van der Waals surface area contributed by atoms with Crippen molar-refractivity contribution in [3.05, 3.63) is 78.1 Å². The molecular weight excluding hydrogens is 440 g/mol. The Morgan fingerprint density at radius 1 is 0.800 bits per heavy atom. The lowest BCUT2D eigenvalue weighted by atomic mass is 9.95. The molecule has 0 radical (unpaired) electrons. The maximum Gasteiger partial charge on any atom is 0.254 e. The van der Waals surface area contributed by atoms with E-state index in [1.807, 2.05) is 75.4 Å². The minimum absolute atomic E-state index is 0.00997. The van der Waals surface area contributed by atoms with Gasteiger partial charge < -0.3 is 14.7 Å². The molecule has 5 rings (SSSR count). The van der Waals surface area contributed by atoms with E-state index in [9.17, 15) is 14.4 Å². The maximum absolute atomic E-state index is 13.4. The third kappa shape index (κ3) is 5.04. The minimum atomic E-state index is -0.196. The summed E-state index contributed by atoms with van der Waals surface area (Å²) in [5.74, 6) is -0.0692. The summed E-state index contributed by atoms with van der Waals surface area (Å²) in [4.78, 5) is 49.1. The van der Waals surface area contributed by atoms with Crippen molar-refractivity contribution in [1.29, 1.82) is 0 Å². The van der Waals surface area contributed by atoms with Gasteiger partial charge in [-0.15, -0.1) is 0 Å². The van der Waals surface area contributed by atoms with E-state index in [1.165, 1.54) is 0 Å². The van der Waals surface area contributed by atoms with E-state index < -0.39 is 0 Å². The van der Waals surface area contributed by atoms with E-state index in [1.54, 1.807) is 6.20 Å². The highest BCUT2D eigenvalue weighted by Gasteiger charge is 2.33. The molecule has 3 amide bonds. The van der Waals surface area contributed by atoms with Gasteiger partial charge in [0.05, 0.1) is 12.3 Å². The van der Waals surface area contributed by atoms with Gasteiger partial charge in [-0.3, -0.25) is 19.4 Å². The van der Waals surface area contributed by atoms with Crippen molar-refractivity contribution in [2.45, 2.75) is 19.3 Å². The van der Waals surface area contributed by atoms with Crippen LogP contribution in [0.3, 0.4) is 0 Å². The van der Waals surface area contributed by atoms with Crippen molar-refractivity contribution in [1.82, 2.24) is 19.7 Å². The predicted octanol–water partition coefficient (Wildman–Crippen LogP) is 3.00. The number of hydrogen-bond donors (Lipinski definition) is 0. The molecule has 3 aromatic rings. The number of fused-ring (bicyclic) bond motifs is 1. The van der Waals surface area contributed by atoms with Gasteiger partial charge >= 0.3 is 0 Å². The lowest BCUT2D eigenvalue weighted by Gasteiger charge is -2.39. The summed E-state index contributed by atoms with van der Waals surface area (Å²) in [5.41, 5.74) is 1.45. The molecule has 2 aromatic carbocycles. The highest BCUT2D eigenvalue weighted by Crippen LogP contribution is 2.25. The van der Waals surface area contributed by atoms with Crippen LogP contribution in [0.15, 0.2) is 66.9 Å². The zero-order valence-corrected chi connectivity index (χ0v) is 19.8. The lowest BCUT2D eigenvalue weighted by Crippen LogP contribution is -2.54. The summed E-state index contributed by atoms with van der Waals surface area (Å²) in [6.45, 7) is 3.23.